The summed E-state index contributed by atoms with van der Waals surface area (Å²) in [6.07, 6.45) is 10.2. The summed E-state index contributed by atoms with van der Waals surface area (Å²) < 4.78 is 7.26. The van der Waals surface area contributed by atoms with Gasteiger partial charge < -0.3 is 9.32 Å². The lowest BCUT2D eigenvalue weighted by Gasteiger charge is -2.35. The van der Waals surface area contributed by atoms with Gasteiger partial charge in [-0.3, -0.25) is 9.48 Å². The first-order valence-corrected chi connectivity index (χ1v) is 8.91. The smallest absolute Gasteiger partial charge is 0.265 e. The van der Waals surface area contributed by atoms with Gasteiger partial charge in [0.1, 0.15) is 4.88 Å². The van der Waals surface area contributed by atoms with Crippen molar-refractivity contribution in [1.82, 2.24) is 19.7 Å². The second kappa shape index (κ2) is 6.60. The van der Waals surface area contributed by atoms with Crippen LogP contribution < -0.4 is 0 Å². The lowest BCUT2D eigenvalue weighted by Crippen LogP contribution is -2.45. The van der Waals surface area contributed by atoms with Gasteiger partial charge in [0, 0.05) is 18.9 Å². The molecule has 24 heavy (non-hydrogen) atoms. The number of nitrogens with zero attached hydrogens (tertiary/aromatic N) is 4. The summed E-state index contributed by atoms with van der Waals surface area (Å²) >= 11 is 1.38. The molecule has 1 aliphatic heterocycles. The zero-order valence-corrected chi connectivity index (χ0v) is 14.0. The van der Waals surface area contributed by atoms with Crippen LogP contribution in [0.1, 0.15) is 28.9 Å². The summed E-state index contributed by atoms with van der Waals surface area (Å²) in [6.45, 7) is 1.53. The third-order valence-electron chi connectivity index (χ3n) is 4.29. The number of likely N-dealkylation sites (tertiary alicyclic amines) is 1. The molecule has 0 aliphatic carbocycles. The number of carbonyl (C=O) groups is 1. The second-order valence-electron chi connectivity index (χ2n) is 5.88. The highest BCUT2D eigenvalue weighted by molar-refractivity contribution is 7.16. The molecular formula is C17H18N4O2S. The first-order valence-electron chi connectivity index (χ1n) is 8.09. The van der Waals surface area contributed by atoms with E-state index in [1.54, 1.807) is 18.7 Å². The quantitative estimate of drug-likeness (QED) is 0.730. The lowest BCUT2D eigenvalue weighted by atomic mass is 10.0. The van der Waals surface area contributed by atoms with E-state index >= 15 is 0 Å². The maximum absolute atomic E-state index is 13.0. The highest BCUT2D eigenvalue weighted by atomic mass is 32.1. The normalized spacial score (nSPS) is 18.0. The maximum Gasteiger partial charge on any atom is 0.265 e. The minimum absolute atomic E-state index is 0.0576. The van der Waals surface area contributed by atoms with Crippen molar-refractivity contribution in [2.24, 2.45) is 0 Å². The van der Waals surface area contributed by atoms with Crippen molar-refractivity contribution < 1.29 is 9.21 Å². The van der Waals surface area contributed by atoms with Crippen LogP contribution >= 0.6 is 11.3 Å². The molecule has 1 saturated heterocycles. The monoisotopic (exact) mass is 342 g/mol. The van der Waals surface area contributed by atoms with Gasteiger partial charge in [0.25, 0.3) is 5.91 Å². The fraction of sp³-hybridized carbons (Fsp3) is 0.353. The molecule has 0 saturated carbocycles. The van der Waals surface area contributed by atoms with Gasteiger partial charge >= 0.3 is 0 Å². The molecule has 7 heteroatoms. The Morgan fingerprint density at radius 1 is 1.38 bits per heavy atom. The summed E-state index contributed by atoms with van der Waals surface area (Å²) in [4.78, 5) is 19.9. The largest absolute Gasteiger partial charge is 0.462 e. The zero-order valence-electron chi connectivity index (χ0n) is 13.2. The number of hydrogen-bond acceptors (Lipinski definition) is 5. The van der Waals surface area contributed by atoms with E-state index in [2.05, 4.69) is 10.1 Å². The number of carbonyl (C=O) groups excluding carboxylic acids is 1. The number of amides is 1. The van der Waals surface area contributed by atoms with E-state index in [-0.39, 0.29) is 11.9 Å². The topological polar surface area (TPSA) is 64.2 Å². The Bertz CT molecular complexity index is 795. The van der Waals surface area contributed by atoms with Crippen molar-refractivity contribution >= 4 is 17.2 Å². The fourth-order valence-corrected chi connectivity index (χ4v) is 3.95. The Morgan fingerprint density at radius 3 is 3.12 bits per heavy atom. The number of hydrogen-bond donors (Lipinski definition) is 0. The number of thiazole rings is 1. The molecule has 4 heterocycles. The highest BCUT2D eigenvalue weighted by Gasteiger charge is 2.29. The molecule has 0 radical (unpaired) electrons. The molecule has 0 spiro atoms. The molecule has 0 unspecified atom stereocenters. The zero-order chi connectivity index (χ0) is 16.4. The molecule has 1 aliphatic rings. The predicted molar refractivity (Wildman–Crippen MR) is 90.7 cm³/mol. The average Bonchev–Trinajstić information content (AvgIpc) is 3.35. The SMILES string of the molecule is O=C(c1cnc(-c2ccco2)s1)N1CCCC[C@H]1Cn1cccn1. The maximum atomic E-state index is 13.0. The molecule has 3 aromatic rings. The molecule has 4 rings (SSSR count). The molecule has 0 aromatic carbocycles. The predicted octanol–water partition coefficient (Wildman–Crippen LogP) is 3.29. The van der Waals surface area contributed by atoms with E-state index in [1.807, 2.05) is 34.0 Å². The number of aromatic nitrogens is 3. The van der Waals surface area contributed by atoms with E-state index in [1.165, 1.54) is 11.3 Å². The number of rotatable bonds is 4. The second-order valence-corrected chi connectivity index (χ2v) is 6.91. The molecule has 0 bridgehead atoms. The molecule has 1 atom stereocenters. The van der Waals surface area contributed by atoms with Crippen molar-refractivity contribution in [2.45, 2.75) is 31.8 Å². The summed E-state index contributed by atoms with van der Waals surface area (Å²) in [6, 6.07) is 5.77. The number of furan rings is 1. The Hall–Kier alpha value is -2.41. The minimum atomic E-state index is 0.0576. The molecule has 6 nitrogen and oxygen atoms in total. The van der Waals surface area contributed by atoms with Gasteiger partial charge in [0.15, 0.2) is 10.8 Å². The average molecular weight is 342 g/mol. The molecule has 1 fully saturated rings. The van der Waals surface area contributed by atoms with Crippen LogP contribution in [0.2, 0.25) is 0 Å². The van der Waals surface area contributed by atoms with Crippen molar-refractivity contribution in [1.29, 1.82) is 0 Å². The van der Waals surface area contributed by atoms with Crippen molar-refractivity contribution in [2.75, 3.05) is 6.54 Å². The first-order chi connectivity index (χ1) is 11.8. The molecule has 1 amide bonds. The van der Waals surface area contributed by atoms with Crippen molar-refractivity contribution in [3.05, 3.63) is 47.9 Å². The van der Waals surface area contributed by atoms with Crippen LogP contribution in [-0.4, -0.2) is 38.2 Å². The third kappa shape index (κ3) is 2.99. The van der Waals surface area contributed by atoms with E-state index < -0.39 is 0 Å². The molecule has 0 N–H and O–H groups in total. The van der Waals surface area contributed by atoms with Gasteiger partial charge in [-0.1, -0.05) is 0 Å². The van der Waals surface area contributed by atoms with Crippen LogP contribution in [0.5, 0.6) is 0 Å². The standard InChI is InChI=1S/C17H18N4O2S/c22-17(15-11-18-16(24-15)14-6-3-10-23-14)21-9-2-1-5-13(21)12-20-8-4-7-19-20/h3-4,6-8,10-11,13H,1-2,5,9,12H2/t13-/m0/s1. The van der Waals surface area contributed by atoms with Gasteiger partial charge in [-0.15, -0.1) is 11.3 Å². The van der Waals surface area contributed by atoms with Gasteiger partial charge in [0.05, 0.1) is 25.0 Å². The van der Waals surface area contributed by atoms with Gasteiger partial charge in [0.2, 0.25) is 0 Å². The van der Waals surface area contributed by atoms with E-state index in [0.717, 1.165) is 37.4 Å². The van der Waals surface area contributed by atoms with E-state index in [9.17, 15) is 4.79 Å². The van der Waals surface area contributed by atoms with Crippen LogP contribution in [0.15, 0.2) is 47.5 Å². The Morgan fingerprint density at radius 2 is 2.33 bits per heavy atom. The summed E-state index contributed by atoms with van der Waals surface area (Å²) in [5, 5.41) is 5.01. The molecule has 124 valence electrons. The summed E-state index contributed by atoms with van der Waals surface area (Å²) in [5.74, 6) is 0.757. The van der Waals surface area contributed by atoms with Crippen LogP contribution in [0.3, 0.4) is 0 Å². The summed E-state index contributed by atoms with van der Waals surface area (Å²) in [7, 11) is 0. The molecular weight excluding hydrogens is 324 g/mol. The first kappa shape index (κ1) is 15.1. The van der Waals surface area contributed by atoms with Crippen molar-refractivity contribution in [3.63, 3.8) is 0 Å². The Kier molecular flexibility index (Phi) is 4.17. The highest BCUT2D eigenvalue weighted by Crippen LogP contribution is 2.28. The Balaban J connectivity index is 1.53. The van der Waals surface area contributed by atoms with E-state index in [0.29, 0.717) is 10.6 Å². The van der Waals surface area contributed by atoms with Gasteiger partial charge in [-0.05, 0) is 37.5 Å². The molecule has 3 aromatic heterocycles. The Labute approximate surface area is 143 Å². The van der Waals surface area contributed by atoms with Gasteiger partial charge in [-0.25, -0.2) is 4.98 Å². The van der Waals surface area contributed by atoms with Crippen LogP contribution in [-0.2, 0) is 6.54 Å². The fourth-order valence-electron chi connectivity index (χ4n) is 3.11. The number of piperidine rings is 1. The van der Waals surface area contributed by atoms with E-state index in [4.69, 9.17) is 4.42 Å². The lowest BCUT2D eigenvalue weighted by molar-refractivity contribution is 0.0588. The van der Waals surface area contributed by atoms with Gasteiger partial charge in [-0.2, -0.15) is 5.10 Å². The summed E-state index contributed by atoms with van der Waals surface area (Å²) in [5.41, 5.74) is 0. The van der Waals surface area contributed by atoms with Crippen molar-refractivity contribution in [3.8, 4) is 10.8 Å². The van der Waals surface area contributed by atoms with Crippen LogP contribution in [0.25, 0.3) is 10.8 Å². The third-order valence-corrected chi connectivity index (χ3v) is 5.29. The van der Waals surface area contributed by atoms with Crippen LogP contribution in [0, 0.1) is 0 Å². The van der Waals surface area contributed by atoms with Crippen LogP contribution in [0.4, 0.5) is 0 Å². The minimum Gasteiger partial charge on any atom is -0.462 e.